The summed E-state index contributed by atoms with van der Waals surface area (Å²) in [5, 5.41) is 39.6. The Morgan fingerprint density at radius 2 is 1.27 bits per heavy atom. The maximum Gasteiger partial charge on any atom is 0.308 e. The summed E-state index contributed by atoms with van der Waals surface area (Å²) in [6.45, 7) is 64.7. The first-order valence-electron chi connectivity index (χ1n) is 42.5. The molecule has 7 aliphatic rings. The normalized spacial score (nSPS) is 37.6. The van der Waals surface area contributed by atoms with E-state index in [1.807, 2.05) is 13.0 Å². The first-order chi connectivity index (χ1) is 52.0. The number of aliphatic hydroxyl groups is 3. The van der Waals surface area contributed by atoms with Crippen LogP contribution in [0.15, 0.2) is 60.2 Å². The van der Waals surface area contributed by atoms with E-state index in [1.165, 1.54) is 13.8 Å². The number of halogens is 1. The van der Waals surface area contributed by atoms with E-state index in [9.17, 15) is 24.9 Å². The van der Waals surface area contributed by atoms with Gasteiger partial charge in [-0.15, -0.1) is 0 Å². The minimum absolute atomic E-state index is 0.0167. The molecule has 0 unspecified atom stereocenters. The highest BCUT2D eigenvalue weighted by Crippen LogP contribution is 2.53. The van der Waals surface area contributed by atoms with E-state index in [-0.39, 0.29) is 96.8 Å². The van der Waals surface area contributed by atoms with Gasteiger partial charge in [0.05, 0.1) is 85.1 Å². The second kappa shape index (κ2) is 38.6. The third-order valence-electron chi connectivity index (χ3n) is 27.4. The third-order valence-corrected chi connectivity index (χ3v) is 45.9. The number of methoxy groups -OCH3 is 1. The third kappa shape index (κ3) is 25.3. The van der Waals surface area contributed by atoms with E-state index < -0.39 is 177 Å². The van der Waals surface area contributed by atoms with Gasteiger partial charge in [0.15, 0.2) is 50.6 Å². The fraction of sp³-hybridized carbons (Fsp3) is 0.839. The van der Waals surface area contributed by atoms with Gasteiger partial charge in [-0.1, -0.05) is 171 Å². The largest absolute Gasteiger partial charge is 0.462 e. The monoisotopic (exact) mass is 1680 g/mol. The number of Topliss-reactive ketones (excluding diaryl/α,β-unsaturated/α-hetero) is 1. The van der Waals surface area contributed by atoms with Crippen molar-refractivity contribution in [2.75, 3.05) is 7.11 Å². The lowest BCUT2D eigenvalue weighted by molar-refractivity contribution is -0.350. The van der Waals surface area contributed by atoms with Crippen LogP contribution in [0.3, 0.4) is 0 Å². The molecule has 0 amide bonds. The average Bonchev–Trinajstić information content (AvgIpc) is 0.754. The zero-order valence-corrected chi connectivity index (χ0v) is 78.9. The first kappa shape index (κ1) is 97.5. The van der Waals surface area contributed by atoms with Crippen LogP contribution in [0.25, 0.3) is 0 Å². The molecular formula is C87H151ClO21Si4. The predicted octanol–water partition coefficient (Wildman–Crippen LogP) is 18.0. The molecule has 7 rings (SSSR count). The van der Waals surface area contributed by atoms with E-state index in [1.54, 1.807) is 27.0 Å². The van der Waals surface area contributed by atoms with Crippen molar-refractivity contribution in [3.63, 3.8) is 0 Å². The number of esters is 3. The van der Waals surface area contributed by atoms with Crippen molar-refractivity contribution >= 4 is 68.6 Å². The lowest BCUT2D eigenvalue weighted by Gasteiger charge is -2.55. The first-order valence-corrected chi connectivity index (χ1v) is 54.1. The smallest absolute Gasteiger partial charge is 0.308 e. The maximum atomic E-state index is 15.4. The van der Waals surface area contributed by atoms with Gasteiger partial charge in [-0.3, -0.25) is 19.2 Å². The summed E-state index contributed by atoms with van der Waals surface area (Å²) in [4.78, 5) is 57.1. The number of aliphatic hydroxyl groups excluding tert-OH is 2. The van der Waals surface area contributed by atoms with Crippen molar-refractivity contribution in [2.24, 2.45) is 23.7 Å². The van der Waals surface area contributed by atoms with Crippen LogP contribution in [0.1, 0.15) is 241 Å². The molecule has 7 aliphatic heterocycles. The molecule has 6 saturated heterocycles. The Balaban J connectivity index is 1.37. The van der Waals surface area contributed by atoms with Gasteiger partial charge in [-0.2, -0.15) is 0 Å². The molecule has 0 aromatic carbocycles. The molecule has 0 saturated carbocycles. The number of carbonyl (C=O) groups excluding carboxylic acids is 4. The van der Waals surface area contributed by atoms with Crippen molar-refractivity contribution in [2.45, 2.75) is 434 Å². The number of ketones is 1. The number of rotatable bonds is 20. The lowest BCUT2D eigenvalue weighted by Crippen LogP contribution is -2.66. The van der Waals surface area contributed by atoms with Crippen LogP contribution >= 0.6 is 11.6 Å². The number of hydrogen-bond acceptors (Lipinski definition) is 21. The van der Waals surface area contributed by atoms with Crippen molar-refractivity contribution < 1.29 is 99.6 Å². The Morgan fingerprint density at radius 1 is 0.699 bits per heavy atom. The molecule has 3 N–H and O–H groups in total. The molecule has 26 heteroatoms. The minimum Gasteiger partial charge on any atom is -0.462 e. The van der Waals surface area contributed by atoms with Gasteiger partial charge < -0.3 is 80.4 Å². The second-order valence-electron chi connectivity index (χ2n) is 39.8. The van der Waals surface area contributed by atoms with Gasteiger partial charge in [0.1, 0.15) is 36.3 Å². The molecule has 0 radical (unpaired) electrons. The van der Waals surface area contributed by atoms with Crippen molar-refractivity contribution in [3.05, 3.63) is 60.2 Å². The highest BCUT2D eigenvalue weighted by Gasteiger charge is 2.61. The summed E-state index contributed by atoms with van der Waals surface area (Å²) in [6, 6.07) is 2.52. The Morgan fingerprint density at radius 3 is 1.85 bits per heavy atom. The van der Waals surface area contributed by atoms with Gasteiger partial charge in [0, 0.05) is 108 Å². The van der Waals surface area contributed by atoms with Crippen LogP contribution in [-0.2, 0) is 84.3 Å². The molecule has 21 nitrogen and oxygen atoms in total. The van der Waals surface area contributed by atoms with E-state index in [4.69, 9.17) is 76.7 Å². The molecule has 0 aliphatic carbocycles. The molecule has 0 aromatic heterocycles. The summed E-state index contributed by atoms with van der Waals surface area (Å²) in [7, 11) is -8.16. The molecular weight excluding hydrogens is 1530 g/mol. The fourth-order valence-electron chi connectivity index (χ4n) is 17.7. The van der Waals surface area contributed by atoms with Crippen LogP contribution in [0.2, 0.25) is 72.5 Å². The van der Waals surface area contributed by atoms with E-state index in [2.05, 4.69) is 168 Å². The number of hydrogen-bond donors (Lipinski definition) is 3. The van der Waals surface area contributed by atoms with Gasteiger partial charge in [0.2, 0.25) is 0 Å². The highest BCUT2D eigenvalue weighted by molar-refractivity contribution is 6.75. The Hall–Kier alpha value is -2.62. The quantitative estimate of drug-likeness (QED) is 0.0336. The molecule has 24 atom stereocenters. The molecule has 10 bridgehead atoms. The number of carbonyl (C=O) groups is 4. The van der Waals surface area contributed by atoms with Crippen molar-refractivity contribution in [1.29, 1.82) is 0 Å². The van der Waals surface area contributed by atoms with Crippen LogP contribution in [0.4, 0.5) is 0 Å². The molecule has 2 spiro atoms. The maximum absolute atomic E-state index is 15.4. The average molecular weight is 1680 g/mol. The number of allylic oxidation sites excluding steroid dienone is 3. The Bertz CT molecular complexity index is 3300. The number of ether oxygens (including phenoxy) is 10. The summed E-state index contributed by atoms with van der Waals surface area (Å²) >= 11 is 6.35. The fourth-order valence-corrected chi connectivity index (χ4v) is 24.9. The van der Waals surface area contributed by atoms with Gasteiger partial charge >= 0.3 is 17.9 Å². The van der Waals surface area contributed by atoms with Crippen LogP contribution in [0, 0.1) is 23.7 Å². The van der Waals surface area contributed by atoms with Crippen LogP contribution < -0.4 is 0 Å². The summed E-state index contributed by atoms with van der Waals surface area (Å²) in [5.74, 6) is -9.70. The SMILES string of the molecule is C=C(Cl)/C=C/[C@H](CC(=C)C[C@H]1O[C@@H]2[C@H](C)[C@@H](OC(=O)C[C@H]3C[C@H](OC(C)=O)C[C@@]4(C[C@@](C)(O[Si](CC)(CC)CC)C[C@H](CC(=C)[C@@H](C)[C@H](OC(C)=O)[C@H](C)C(=O)C[C@@H]5C[C@H](OC)C[C@@]6(C[C@@H](O[Si](C)(C)C(C)(C)C)C[C@H](/C=C\CCC[C@H]7O[C@](O)(C[C@H](O[Si](C)(C)C(C)(C)C)[C@H]7C)[C@H]2O)O6)O5)O4)O3)[C@@H]1O)O[Si](C)(C)C(C)(C)C. The van der Waals surface area contributed by atoms with E-state index in [0.29, 0.717) is 67.5 Å². The van der Waals surface area contributed by atoms with E-state index >= 15 is 9.59 Å². The molecule has 0 aromatic rings. The zero-order valence-electron chi connectivity index (χ0n) is 74.2. The topological polar surface area (TPSA) is 258 Å². The van der Waals surface area contributed by atoms with Gasteiger partial charge in [-0.25, -0.2) is 0 Å². The van der Waals surface area contributed by atoms with Crippen molar-refractivity contribution in [3.8, 4) is 0 Å². The predicted molar refractivity (Wildman–Crippen MR) is 452 cm³/mol. The van der Waals surface area contributed by atoms with Gasteiger partial charge in [-0.05, 0) is 124 Å². The summed E-state index contributed by atoms with van der Waals surface area (Å²) < 4.78 is 97.3. The zero-order chi connectivity index (χ0) is 85.0. The number of fused-ring (bicyclic) bond motifs is 8. The van der Waals surface area contributed by atoms with Crippen LogP contribution in [0.5, 0.6) is 0 Å². The standard InChI is InChI=1S/C87H151ClO21Si4/c1-30-113(31-2,32-3)109-84(22)48-69-42-55(5)57(7)77(98-62(12)90)58(8)71(91)46-65-44-67(96-23)49-85(102-65)51-70(107-111(26,27)82(16,17)18)43-63(101-85)36-34-33-35-37-72-59(9)74(108-112(28,29)83(19,20)21)52-87(95,105-72)80(94)79-60(10)78(100-75(92)47-66-45-68(97-61(11)89)50-86(53-84,103-66)104-69)76(93)73(99-79)41-54(4)40-64(39-38-56(6)88)106-110(24,25)81(13,14)15/h34,36,38-39,57-60,63-70,72-74,76-80,93-95H,4-6,30-33,35,37,40-53H2,1-3,7-29H3/b36-34-,39-38+/t57-,58-,59+,60-,63+,64-,65+,66-,67+,68+,69+,70+,72-,73-,74+,76-,77+,78-,79-,80+,84+,85+,86-,87-/m1/s1. The van der Waals surface area contributed by atoms with Crippen LogP contribution in [-0.4, -0.2) is 200 Å². The summed E-state index contributed by atoms with van der Waals surface area (Å²) in [6.07, 6.45) is -2.09. The summed E-state index contributed by atoms with van der Waals surface area (Å²) in [5.41, 5.74) is 0.378. The highest BCUT2D eigenvalue weighted by atomic mass is 35.5. The molecule has 648 valence electrons. The minimum atomic E-state index is -2.59. The molecule has 6 fully saturated rings. The molecule has 7 heterocycles. The Kier molecular flexibility index (Phi) is 33.3. The lowest BCUT2D eigenvalue weighted by atomic mass is 9.78. The molecule has 113 heavy (non-hydrogen) atoms. The van der Waals surface area contributed by atoms with Gasteiger partial charge in [0.25, 0.3) is 0 Å². The van der Waals surface area contributed by atoms with Crippen molar-refractivity contribution in [1.82, 2.24) is 0 Å². The Labute approximate surface area is 689 Å². The van der Waals surface area contributed by atoms with E-state index in [0.717, 1.165) is 18.1 Å². The second-order valence-corrected chi connectivity index (χ2v) is 59.2.